The van der Waals surface area contributed by atoms with Crippen LogP contribution >= 0.6 is 0 Å². The summed E-state index contributed by atoms with van der Waals surface area (Å²) in [4.78, 5) is 17.0. The van der Waals surface area contributed by atoms with Gasteiger partial charge in [-0.2, -0.15) is 0 Å². The standard InChI is InChI=1S/C25H33NO2/c1-4-7-15-21-19(12-6-3)17-18-22(25(27)28)24(21)23(16-8-5-2)26-20-13-10-9-11-14-20/h9-11,13-14,17-18H,4-8,12,15-16H2,1-3H3,(H,27,28). The van der Waals surface area contributed by atoms with Gasteiger partial charge >= 0.3 is 5.97 Å². The Bertz CT molecular complexity index is 794. The first-order valence-electron chi connectivity index (χ1n) is 10.6. The summed E-state index contributed by atoms with van der Waals surface area (Å²) >= 11 is 0. The molecule has 0 heterocycles. The van der Waals surface area contributed by atoms with Crippen LogP contribution in [0.25, 0.3) is 0 Å². The molecular formula is C25H33NO2. The fourth-order valence-corrected chi connectivity index (χ4v) is 3.58. The molecule has 28 heavy (non-hydrogen) atoms. The highest BCUT2D eigenvalue weighted by Gasteiger charge is 2.21. The molecule has 150 valence electrons. The van der Waals surface area contributed by atoms with Crippen molar-refractivity contribution in [2.45, 2.75) is 72.1 Å². The second-order valence-electron chi connectivity index (χ2n) is 7.28. The Morgan fingerprint density at radius 2 is 1.61 bits per heavy atom. The third kappa shape index (κ3) is 5.79. The van der Waals surface area contributed by atoms with E-state index in [1.807, 2.05) is 36.4 Å². The van der Waals surface area contributed by atoms with E-state index in [0.29, 0.717) is 5.56 Å². The van der Waals surface area contributed by atoms with Gasteiger partial charge in [0.2, 0.25) is 0 Å². The number of aromatic carboxylic acids is 1. The minimum atomic E-state index is -0.868. The minimum absolute atomic E-state index is 0.386. The summed E-state index contributed by atoms with van der Waals surface area (Å²) in [6.45, 7) is 6.50. The van der Waals surface area contributed by atoms with Crippen LogP contribution < -0.4 is 0 Å². The van der Waals surface area contributed by atoms with Crippen molar-refractivity contribution >= 4 is 17.4 Å². The molecule has 3 nitrogen and oxygen atoms in total. The van der Waals surface area contributed by atoms with E-state index in [1.165, 1.54) is 11.1 Å². The first-order chi connectivity index (χ1) is 13.6. The smallest absolute Gasteiger partial charge is 0.336 e. The van der Waals surface area contributed by atoms with Crippen LogP contribution in [0.15, 0.2) is 47.5 Å². The SMILES string of the molecule is CCCCC(=Nc1ccccc1)c1c(C(=O)O)ccc(CCC)c1CCCC. The van der Waals surface area contributed by atoms with E-state index in [9.17, 15) is 9.90 Å². The number of rotatable bonds is 11. The van der Waals surface area contributed by atoms with Crippen molar-refractivity contribution in [1.29, 1.82) is 0 Å². The number of unbranched alkanes of at least 4 members (excludes halogenated alkanes) is 2. The molecule has 0 aliphatic carbocycles. The highest BCUT2D eigenvalue weighted by atomic mass is 16.4. The van der Waals surface area contributed by atoms with Gasteiger partial charge < -0.3 is 5.11 Å². The molecule has 0 saturated heterocycles. The van der Waals surface area contributed by atoms with Gasteiger partial charge in [-0.25, -0.2) is 4.79 Å². The maximum absolute atomic E-state index is 12.1. The van der Waals surface area contributed by atoms with Crippen LogP contribution in [-0.2, 0) is 12.8 Å². The number of aryl methyl sites for hydroxylation is 1. The Kier molecular flexibility index (Phi) is 8.93. The molecule has 0 aromatic heterocycles. The molecule has 0 spiro atoms. The summed E-state index contributed by atoms with van der Waals surface area (Å²) in [5.74, 6) is -0.868. The van der Waals surface area contributed by atoms with E-state index >= 15 is 0 Å². The van der Waals surface area contributed by atoms with Crippen LogP contribution in [0, 0.1) is 0 Å². The Morgan fingerprint density at radius 3 is 2.21 bits per heavy atom. The molecule has 1 N–H and O–H groups in total. The van der Waals surface area contributed by atoms with Crippen molar-refractivity contribution in [1.82, 2.24) is 0 Å². The maximum atomic E-state index is 12.1. The third-order valence-electron chi connectivity index (χ3n) is 5.02. The lowest BCUT2D eigenvalue weighted by Gasteiger charge is -2.19. The van der Waals surface area contributed by atoms with Crippen molar-refractivity contribution in [3.8, 4) is 0 Å². The first-order valence-corrected chi connectivity index (χ1v) is 10.6. The van der Waals surface area contributed by atoms with Gasteiger partial charge in [0.1, 0.15) is 0 Å². The van der Waals surface area contributed by atoms with Crippen LogP contribution in [0.2, 0.25) is 0 Å². The summed E-state index contributed by atoms with van der Waals surface area (Å²) in [6.07, 6.45) is 7.90. The number of carboxylic acids is 1. The first kappa shape index (κ1) is 21.9. The lowest BCUT2D eigenvalue weighted by molar-refractivity contribution is 0.0696. The molecule has 0 atom stereocenters. The van der Waals surface area contributed by atoms with Crippen molar-refractivity contribution in [2.75, 3.05) is 0 Å². The average Bonchev–Trinajstić information content (AvgIpc) is 2.70. The van der Waals surface area contributed by atoms with Gasteiger partial charge in [-0.1, -0.05) is 64.3 Å². The van der Waals surface area contributed by atoms with Gasteiger partial charge in [0.05, 0.1) is 11.3 Å². The quantitative estimate of drug-likeness (QED) is 0.428. The molecule has 2 aromatic carbocycles. The van der Waals surface area contributed by atoms with E-state index in [4.69, 9.17) is 4.99 Å². The van der Waals surface area contributed by atoms with Gasteiger partial charge in [0.25, 0.3) is 0 Å². The van der Waals surface area contributed by atoms with Gasteiger partial charge in [-0.3, -0.25) is 4.99 Å². The lowest BCUT2D eigenvalue weighted by atomic mass is 9.86. The zero-order valence-electron chi connectivity index (χ0n) is 17.5. The number of aliphatic imine (C=N–C) groups is 1. The van der Waals surface area contributed by atoms with Crippen LogP contribution in [0.3, 0.4) is 0 Å². The topological polar surface area (TPSA) is 49.7 Å². The number of carboxylic acid groups (broad SMARTS) is 1. The Hall–Kier alpha value is -2.42. The number of hydrogen-bond donors (Lipinski definition) is 1. The fraction of sp³-hybridized carbons (Fsp3) is 0.440. The molecule has 0 saturated carbocycles. The van der Waals surface area contributed by atoms with E-state index in [0.717, 1.165) is 68.3 Å². The van der Waals surface area contributed by atoms with Crippen LogP contribution in [0.1, 0.15) is 86.3 Å². The summed E-state index contributed by atoms with van der Waals surface area (Å²) in [5, 5.41) is 9.92. The predicted molar refractivity (Wildman–Crippen MR) is 118 cm³/mol. The van der Waals surface area contributed by atoms with Crippen molar-refractivity contribution in [3.63, 3.8) is 0 Å². The van der Waals surface area contributed by atoms with E-state index in [-0.39, 0.29) is 0 Å². The maximum Gasteiger partial charge on any atom is 0.336 e. The highest BCUT2D eigenvalue weighted by Crippen LogP contribution is 2.27. The number of hydrogen-bond acceptors (Lipinski definition) is 2. The molecule has 0 aliphatic rings. The summed E-state index contributed by atoms with van der Waals surface area (Å²) in [6, 6.07) is 13.7. The molecular weight excluding hydrogens is 346 g/mol. The monoisotopic (exact) mass is 379 g/mol. The van der Waals surface area contributed by atoms with Gasteiger partial charge in [-0.05, 0) is 61.4 Å². The molecule has 3 heteroatoms. The molecule has 0 unspecified atom stereocenters. The number of nitrogens with zero attached hydrogens (tertiary/aromatic N) is 1. The Balaban J connectivity index is 2.71. The lowest BCUT2D eigenvalue weighted by Crippen LogP contribution is -2.15. The fourth-order valence-electron chi connectivity index (χ4n) is 3.58. The Labute approximate surface area is 169 Å². The molecule has 2 rings (SSSR count). The second-order valence-corrected chi connectivity index (χ2v) is 7.28. The van der Waals surface area contributed by atoms with Gasteiger partial charge in [-0.15, -0.1) is 0 Å². The number of para-hydroxylation sites is 1. The minimum Gasteiger partial charge on any atom is -0.478 e. The largest absolute Gasteiger partial charge is 0.478 e. The van der Waals surface area contributed by atoms with Crippen LogP contribution in [0.5, 0.6) is 0 Å². The molecule has 0 aliphatic heterocycles. The van der Waals surface area contributed by atoms with E-state index < -0.39 is 5.97 Å². The average molecular weight is 380 g/mol. The van der Waals surface area contributed by atoms with Crippen molar-refractivity contribution in [2.24, 2.45) is 4.99 Å². The molecule has 0 bridgehead atoms. The number of carbonyl (C=O) groups is 1. The zero-order valence-corrected chi connectivity index (χ0v) is 17.5. The summed E-state index contributed by atoms with van der Waals surface area (Å²) in [7, 11) is 0. The van der Waals surface area contributed by atoms with Crippen molar-refractivity contribution in [3.05, 3.63) is 64.7 Å². The summed E-state index contributed by atoms with van der Waals surface area (Å²) < 4.78 is 0. The molecule has 2 aromatic rings. The van der Waals surface area contributed by atoms with Crippen LogP contribution in [0.4, 0.5) is 5.69 Å². The van der Waals surface area contributed by atoms with Gasteiger partial charge in [0, 0.05) is 11.3 Å². The molecule has 0 radical (unpaired) electrons. The van der Waals surface area contributed by atoms with E-state index in [1.54, 1.807) is 6.07 Å². The predicted octanol–water partition coefficient (Wildman–Crippen LogP) is 6.99. The second kappa shape index (κ2) is 11.4. The van der Waals surface area contributed by atoms with Crippen LogP contribution in [-0.4, -0.2) is 16.8 Å². The highest BCUT2D eigenvalue weighted by molar-refractivity contribution is 6.10. The third-order valence-corrected chi connectivity index (χ3v) is 5.02. The molecule has 0 fully saturated rings. The Morgan fingerprint density at radius 1 is 0.893 bits per heavy atom. The molecule has 0 amide bonds. The zero-order chi connectivity index (χ0) is 20.4. The van der Waals surface area contributed by atoms with Gasteiger partial charge in [0.15, 0.2) is 0 Å². The van der Waals surface area contributed by atoms with Crippen molar-refractivity contribution < 1.29 is 9.90 Å². The normalized spacial score (nSPS) is 11.6. The number of benzene rings is 2. The summed E-state index contributed by atoms with van der Waals surface area (Å²) in [5.41, 5.74) is 5.50. The van der Waals surface area contributed by atoms with E-state index in [2.05, 4.69) is 20.8 Å².